The Morgan fingerprint density at radius 1 is 1.14 bits per heavy atom. The van der Waals surface area contributed by atoms with Crippen molar-refractivity contribution in [3.8, 4) is 0 Å². The first-order chi connectivity index (χ1) is 16.9. The Morgan fingerprint density at radius 3 is 2.60 bits per heavy atom. The van der Waals surface area contributed by atoms with Crippen molar-refractivity contribution in [2.24, 2.45) is 0 Å². The Bertz CT molecular complexity index is 1070. The van der Waals surface area contributed by atoms with Gasteiger partial charge in [0, 0.05) is 57.1 Å². The summed E-state index contributed by atoms with van der Waals surface area (Å²) in [6.07, 6.45) is 4.85. The highest BCUT2D eigenvalue weighted by Crippen LogP contribution is 2.37. The van der Waals surface area contributed by atoms with Crippen LogP contribution < -0.4 is 4.90 Å². The second kappa shape index (κ2) is 10.4. The van der Waals surface area contributed by atoms with E-state index in [4.69, 9.17) is 11.6 Å². The number of halogens is 2. The monoisotopic (exact) mass is 501 g/mol. The summed E-state index contributed by atoms with van der Waals surface area (Å²) in [7, 11) is 0. The highest BCUT2D eigenvalue weighted by molar-refractivity contribution is 6.30. The maximum absolute atomic E-state index is 14.3. The number of anilines is 1. The molecular weight excluding hydrogens is 469 g/mol. The molecule has 2 atom stereocenters. The number of hydrogen-bond donors (Lipinski definition) is 1. The molecule has 2 fully saturated rings. The van der Waals surface area contributed by atoms with Crippen LogP contribution in [0.25, 0.3) is 0 Å². The molecule has 0 radical (unpaired) electrons. The van der Waals surface area contributed by atoms with E-state index in [0.717, 1.165) is 37.4 Å². The number of hydrogen-bond acceptors (Lipinski definition) is 6. The number of fused-ring (bicyclic) bond motifs is 1. The maximum atomic E-state index is 14.3. The predicted molar refractivity (Wildman–Crippen MR) is 133 cm³/mol. The van der Waals surface area contributed by atoms with Crippen LogP contribution in [0.15, 0.2) is 24.5 Å². The van der Waals surface area contributed by atoms with Crippen LogP contribution in [0.3, 0.4) is 0 Å². The molecule has 1 amide bonds. The van der Waals surface area contributed by atoms with E-state index < -0.39 is 11.7 Å². The van der Waals surface area contributed by atoms with Gasteiger partial charge in [-0.05, 0) is 49.3 Å². The summed E-state index contributed by atoms with van der Waals surface area (Å²) >= 11 is 5.92. The van der Waals surface area contributed by atoms with Gasteiger partial charge in [0.1, 0.15) is 18.0 Å². The quantitative estimate of drug-likeness (QED) is 0.678. The Labute approximate surface area is 210 Å². The predicted octanol–water partition coefficient (Wildman–Crippen LogP) is 3.21. The van der Waals surface area contributed by atoms with Crippen LogP contribution in [0.5, 0.6) is 0 Å². The van der Waals surface area contributed by atoms with Crippen molar-refractivity contribution in [2.45, 2.75) is 50.5 Å². The second-order valence-corrected chi connectivity index (χ2v) is 10.5. The number of piperidine rings is 1. The molecule has 188 valence electrons. The highest BCUT2D eigenvalue weighted by Gasteiger charge is 2.33. The Hall–Kier alpha value is -2.29. The van der Waals surface area contributed by atoms with Gasteiger partial charge >= 0.3 is 0 Å². The van der Waals surface area contributed by atoms with Crippen LogP contribution in [0.2, 0.25) is 5.02 Å². The van der Waals surface area contributed by atoms with E-state index in [1.54, 1.807) is 12.4 Å². The minimum absolute atomic E-state index is 0.0128. The summed E-state index contributed by atoms with van der Waals surface area (Å²) in [4.78, 5) is 29.2. The molecule has 2 saturated heterocycles. The van der Waals surface area contributed by atoms with Gasteiger partial charge in [0.15, 0.2) is 0 Å². The van der Waals surface area contributed by atoms with Crippen LogP contribution in [0, 0.1) is 5.82 Å². The zero-order chi connectivity index (χ0) is 24.5. The summed E-state index contributed by atoms with van der Waals surface area (Å²) in [6, 6.07) is 4.68. The lowest BCUT2D eigenvalue weighted by Crippen LogP contribution is -2.52. The molecule has 3 heterocycles. The minimum Gasteiger partial charge on any atom is -0.393 e. The first-order valence-corrected chi connectivity index (χ1v) is 13.0. The van der Waals surface area contributed by atoms with E-state index in [-0.39, 0.29) is 17.0 Å². The van der Waals surface area contributed by atoms with Crippen molar-refractivity contribution in [2.75, 3.05) is 50.7 Å². The van der Waals surface area contributed by atoms with Gasteiger partial charge in [0.05, 0.1) is 17.0 Å². The summed E-state index contributed by atoms with van der Waals surface area (Å²) in [5.74, 6) is 0.488. The molecule has 3 aliphatic rings. The lowest BCUT2D eigenvalue weighted by Gasteiger charge is -2.39. The Kier molecular flexibility index (Phi) is 7.23. The first kappa shape index (κ1) is 24.4. The van der Waals surface area contributed by atoms with Crippen molar-refractivity contribution in [3.05, 3.63) is 52.2 Å². The van der Waals surface area contributed by atoms with Gasteiger partial charge < -0.3 is 19.8 Å². The van der Waals surface area contributed by atoms with E-state index in [2.05, 4.69) is 26.7 Å². The zero-order valence-electron chi connectivity index (χ0n) is 20.2. The molecule has 5 rings (SSSR count). The number of aromatic nitrogens is 2. The number of amides is 1. The fourth-order valence-corrected chi connectivity index (χ4v) is 5.77. The average molecular weight is 502 g/mol. The van der Waals surface area contributed by atoms with E-state index in [1.807, 2.05) is 4.90 Å². The fourth-order valence-electron chi connectivity index (χ4n) is 5.65. The summed E-state index contributed by atoms with van der Waals surface area (Å²) < 4.78 is 14.3. The molecule has 2 aliphatic heterocycles. The smallest absolute Gasteiger partial charge is 0.231 e. The maximum Gasteiger partial charge on any atom is 0.231 e. The number of aliphatic hydroxyl groups is 1. The number of aryl methyl sites for hydroxylation is 1. The van der Waals surface area contributed by atoms with Crippen molar-refractivity contribution in [1.82, 2.24) is 19.8 Å². The Morgan fingerprint density at radius 2 is 1.89 bits per heavy atom. The number of rotatable bonds is 5. The lowest BCUT2D eigenvalue weighted by molar-refractivity contribution is -0.133. The largest absolute Gasteiger partial charge is 0.393 e. The third-order valence-corrected chi connectivity index (χ3v) is 8.09. The summed E-state index contributed by atoms with van der Waals surface area (Å²) in [5, 5.41) is 9.93. The van der Waals surface area contributed by atoms with Gasteiger partial charge in [-0.2, -0.15) is 0 Å². The molecule has 1 aromatic heterocycles. The SMILES string of the molecule is C[C@@H]1CCc2ncnc(N3CCN(C(=O)[C@@H](CN4CCC(O)CC4)c4ccc(Cl)c(F)c4)CC3)c21. The van der Waals surface area contributed by atoms with E-state index >= 15 is 0 Å². The molecule has 1 aromatic carbocycles. The fraction of sp³-hybridized carbons (Fsp3) is 0.577. The number of carbonyl (C=O) groups excluding carboxylic acids is 1. The molecule has 7 nitrogen and oxygen atoms in total. The van der Waals surface area contributed by atoms with Crippen molar-refractivity contribution in [1.29, 1.82) is 0 Å². The number of carbonyl (C=O) groups is 1. The van der Waals surface area contributed by atoms with Gasteiger partial charge in [-0.3, -0.25) is 4.79 Å². The van der Waals surface area contributed by atoms with Crippen LogP contribution >= 0.6 is 11.6 Å². The van der Waals surface area contributed by atoms with Gasteiger partial charge in [-0.15, -0.1) is 0 Å². The van der Waals surface area contributed by atoms with Crippen molar-refractivity contribution < 1.29 is 14.3 Å². The number of benzene rings is 1. The highest BCUT2D eigenvalue weighted by atomic mass is 35.5. The molecule has 1 N–H and O–H groups in total. The Balaban J connectivity index is 1.31. The molecule has 2 aromatic rings. The normalized spacial score (nSPS) is 22.3. The third kappa shape index (κ3) is 5.15. The number of piperazine rings is 1. The molecule has 1 aliphatic carbocycles. The molecule has 0 spiro atoms. The first-order valence-electron chi connectivity index (χ1n) is 12.6. The lowest BCUT2D eigenvalue weighted by atomic mass is 9.95. The average Bonchev–Trinajstić information content (AvgIpc) is 3.26. The number of nitrogens with zero attached hydrogens (tertiary/aromatic N) is 5. The van der Waals surface area contributed by atoms with Crippen LogP contribution in [0.1, 0.15) is 54.8 Å². The van der Waals surface area contributed by atoms with Gasteiger partial charge in [0.2, 0.25) is 5.91 Å². The van der Waals surface area contributed by atoms with E-state index in [0.29, 0.717) is 57.0 Å². The standard InChI is InChI=1S/C26H33ClFN5O2/c1-17-2-5-23-24(17)25(30-16-29-23)32-10-12-33(13-11-32)26(35)20(15-31-8-6-19(34)7-9-31)18-3-4-21(27)22(28)14-18/h3-4,14,16-17,19-20,34H,2,5-13,15H2,1H3/t17-,20+/m1/s1. The van der Waals surface area contributed by atoms with E-state index in [1.165, 1.54) is 17.7 Å². The summed E-state index contributed by atoms with van der Waals surface area (Å²) in [6.45, 7) is 6.79. The van der Waals surface area contributed by atoms with Crippen molar-refractivity contribution in [3.63, 3.8) is 0 Å². The van der Waals surface area contributed by atoms with Gasteiger partial charge in [0.25, 0.3) is 0 Å². The molecule has 9 heteroatoms. The van der Waals surface area contributed by atoms with Crippen molar-refractivity contribution >= 4 is 23.3 Å². The minimum atomic E-state index is -0.507. The molecule has 0 bridgehead atoms. The van der Waals surface area contributed by atoms with Crippen LogP contribution in [-0.4, -0.2) is 82.7 Å². The number of aliphatic hydroxyl groups excluding tert-OH is 1. The summed E-state index contributed by atoms with van der Waals surface area (Å²) in [5.41, 5.74) is 3.06. The number of likely N-dealkylation sites (tertiary alicyclic amines) is 1. The molecule has 35 heavy (non-hydrogen) atoms. The zero-order valence-corrected chi connectivity index (χ0v) is 20.9. The molecule has 0 unspecified atom stereocenters. The second-order valence-electron chi connectivity index (χ2n) is 10.1. The van der Waals surface area contributed by atoms with Crippen LogP contribution in [0.4, 0.5) is 10.2 Å². The van der Waals surface area contributed by atoms with E-state index in [9.17, 15) is 14.3 Å². The van der Waals surface area contributed by atoms with Crippen LogP contribution in [-0.2, 0) is 11.2 Å². The molecule has 0 saturated carbocycles. The third-order valence-electron chi connectivity index (χ3n) is 7.79. The van der Waals surface area contributed by atoms with Gasteiger partial charge in [-0.1, -0.05) is 24.6 Å². The topological polar surface area (TPSA) is 72.8 Å². The van der Waals surface area contributed by atoms with Gasteiger partial charge in [-0.25, -0.2) is 14.4 Å². The molecular formula is C26H33ClFN5O2.